The quantitative estimate of drug-likeness (QED) is 0.719. The Balaban J connectivity index is 2.03. The molecule has 0 aliphatic carbocycles. The van der Waals surface area contributed by atoms with Gasteiger partial charge in [0.25, 0.3) is 0 Å². The molecule has 2 aliphatic heterocycles. The molecule has 0 saturated carbocycles. The van der Waals surface area contributed by atoms with Gasteiger partial charge >= 0.3 is 0 Å². The lowest BCUT2D eigenvalue weighted by molar-refractivity contribution is 0.175. The molecule has 2 aliphatic rings. The Hall–Kier alpha value is -0.860. The van der Waals surface area contributed by atoms with Gasteiger partial charge in [-0.05, 0) is 18.4 Å². The first kappa shape index (κ1) is 8.45. The second-order valence-electron chi connectivity index (χ2n) is 4.24. The highest BCUT2D eigenvalue weighted by Gasteiger charge is 2.44. The van der Waals surface area contributed by atoms with Crippen LogP contribution in [0, 0.1) is 0 Å². The van der Waals surface area contributed by atoms with E-state index in [2.05, 4.69) is 40.5 Å². The van der Waals surface area contributed by atoms with Crippen LogP contribution in [0.1, 0.15) is 18.4 Å². The third-order valence-electron chi connectivity index (χ3n) is 3.56. The molecule has 3 rings (SSSR count). The van der Waals surface area contributed by atoms with Gasteiger partial charge in [0.1, 0.15) is 0 Å². The van der Waals surface area contributed by atoms with Crippen molar-refractivity contribution in [2.75, 3.05) is 19.6 Å². The molecule has 0 bridgehead atoms. The predicted octanol–water partition coefficient (Wildman–Crippen LogP) is 1.54. The van der Waals surface area contributed by atoms with Crippen molar-refractivity contribution in [3.63, 3.8) is 0 Å². The predicted molar refractivity (Wildman–Crippen MR) is 56.9 cm³/mol. The minimum atomic E-state index is 0.182. The Morgan fingerprint density at radius 2 is 2.00 bits per heavy atom. The van der Waals surface area contributed by atoms with Gasteiger partial charge in [0.15, 0.2) is 0 Å². The van der Waals surface area contributed by atoms with Crippen LogP contribution in [-0.4, -0.2) is 24.5 Å². The monoisotopic (exact) mass is 188 g/mol. The van der Waals surface area contributed by atoms with Gasteiger partial charge in [-0.25, -0.2) is 0 Å². The number of nitrogens with zero attached hydrogens (tertiary/aromatic N) is 1. The van der Waals surface area contributed by atoms with Crippen LogP contribution in [0.15, 0.2) is 30.3 Å². The van der Waals surface area contributed by atoms with E-state index in [0.717, 1.165) is 6.54 Å². The van der Waals surface area contributed by atoms with Crippen molar-refractivity contribution in [1.29, 1.82) is 0 Å². The van der Waals surface area contributed by atoms with E-state index >= 15 is 0 Å². The van der Waals surface area contributed by atoms with Crippen molar-refractivity contribution < 1.29 is 0 Å². The second kappa shape index (κ2) is 3.07. The molecule has 2 fully saturated rings. The standard InChI is InChI=1S/C12H16N2/c1-2-5-11(6-3-1)12-7-4-9-14(12)10-8-13-12/h1-3,5-6,13H,4,7-10H2/t12-/m1/s1. The molecule has 2 saturated heterocycles. The molecule has 2 heteroatoms. The minimum absolute atomic E-state index is 0.182. The largest absolute Gasteiger partial charge is 0.294 e. The van der Waals surface area contributed by atoms with Crippen LogP contribution in [0.5, 0.6) is 0 Å². The van der Waals surface area contributed by atoms with E-state index in [4.69, 9.17) is 0 Å². The molecule has 14 heavy (non-hydrogen) atoms. The summed E-state index contributed by atoms with van der Waals surface area (Å²) in [4.78, 5) is 2.59. The summed E-state index contributed by atoms with van der Waals surface area (Å²) in [6.45, 7) is 3.59. The summed E-state index contributed by atoms with van der Waals surface area (Å²) in [5, 5.41) is 3.67. The molecule has 1 N–H and O–H groups in total. The van der Waals surface area contributed by atoms with Gasteiger partial charge < -0.3 is 0 Å². The van der Waals surface area contributed by atoms with E-state index in [1.807, 2.05) is 0 Å². The first-order valence-electron chi connectivity index (χ1n) is 5.47. The zero-order valence-electron chi connectivity index (χ0n) is 8.37. The Bertz CT molecular complexity index is 310. The normalized spacial score (nSPS) is 32.0. The molecule has 74 valence electrons. The third kappa shape index (κ3) is 1.04. The third-order valence-corrected chi connectivity index (χ3v) is 3.56. The Labute approximate surface area is 84.9 Å². The zero-order valence-corrected chi connectivity index (χ0v) is 8.37. The van der Waals surface area contributed by atoms with Crippen molar-refractivity contribution in [3.8, 4) is 0 Å². The second-order valence-corrected chi connectivity index (χ2v) is 4.24. The first-order valence-corrected chi connectivity index (χ1v) is 5.47. The molecule has 0 aromatic heterocycles. The summed E-state index contributed by atoms with van der Waals surface area (Å²) in [7, 11) is 0. The molecule has 2 heterocycles. The van der Waals surface area contributed by atoms with Crippen molar-refractivity contribution >= 4 is 0 Å². The summed E-state index contributed by atoms with van der Waals surface area (Å²) < 4.78 is 0. The van der Waals surface area contributed by atoms with E-state index in [1.165, 1.54) is 31.5 Å². The maximum absolute atomic E-state index is 3.67. The fourth-order valence-electron chi connectivity index (χ4n) is 2.92. The molecule has 0 spiro atoms. The van der Waals surface area contributed by atoms with Crippen molar-refractivity contribution in [3.05, 3.63) is 35.9 Å². The van der Waals surface area contributed by atoms with Gasteiger partial charge in [0.2, 0.25) is 0 Å². The van der Waals surface area contributed by atoms with Gasteiger partial charge in [0, 0.05) is 19.6 Å². The number of fused-ring (bicyclic) bond motifs is 1. The highest BCUT2D eigenvalue weighted by Crippen LogP contribution is 2.38. The topological polar surface area (TPSA) is 15.3 Å². The highest BCUT2D eigenvalue weighted by molar-refractivity contribution is 5.26. The SMILES string of the molecule is c1ccc([C@@]23CCCN2CCN3)cc1. The molecule has 0 amide bonds. The fourth-order valence-corrected chi connectivity index (χ4v) is 2.92. The maximum atomic E-state index is 3.67. The van der Waals surface area contributed by atoms with Crippen molar-refractivity contribution in [2.45, 2.75) is 18.5 Å². The van der Waals surface area contributed by atoms with E-state index < -0.39 is 0 Å². The van der Waals surface area contributed by atoms with Gasteiger partial charge in [-0.3, -0.25) is 10.2 Å². The van der Waals surface area contributed by atoms with Crippen molar-refractivity contribution in [1.82, 2.24) is 10.2 Å². The summed E-state index contributed by atoms with van der Waals surface area (Å²) in [6.07, 6.45) is 2.58. The minimum Gasteiger partial charge on any atom is -0.294 e. The Morgan fingerprint density at radius 1 is 1.14 bits per heavy atom. The average molecular weight is 188 g/mol. The smallest absolute Gasteiger partial charge is 0.0976 e. The summed E-state index contributed by atoms with van der Waals surface area (Å²) in [6, 6.07) is 10.9. The molecule has 0 unspecified atom stereocenters. The fraction of sp³-hybridized carbons (Fsp3) is 0.500. The van der Waals surface area contributed by atoms with Crippen LogP contribution < -0.4 is 5.32 Å². The highest BCUT2D eigenvalue weighted by atomic mass is 15.4. The molecule has 1 aromatic carbocycles. The Kier molecular flexibility index (Phi) is 1.85. The molecule has 1 atom stereocenters. The summed E-state index contributed by atoms with van der Waals surface area (Å²) in [5.74, 6) is 0. The van der Waals surface area contributed by atoms with Crippen LogP contribution >= 0.6 is 0 Å². The zero-order chi connectivity index (χ0) is 9.43. The number of benzene rings is 1. The summed E-state index contributed by atoms with van der Waals surface area (Å²) in [5.41, 5.74) is 1.62. The van der Waals surface area contributed by atoms with E-state index in [9.17, 15) is 0 Å². The van der Waals surface area contributed by atoms with E-state index in [-0.39, 0.29) is 5.66 Å². The van der Waals surface area contributed by atoms with E-state index in [1.54, 1.807) is 0 Å². The molecular weight excluding hydrogens is 172 g/mol. The van der Waals surface area contributed by atoms with Crippen LogP contribution in [0.2, 0.25) is 0 Å². The molecule has 1 aromatic rings. The molecule has 0 radical (unpaired) electrons. The lowest BCUT2D eigenvalue weighted by Crippen LogP contribution is -2.43. The van der Waals surface area contributed by atoms with E-state index in [0.29, 0.717) is 0 Å². The lowest BCUT2D eigenvalue weighted by Gasteiger charge is -2.32. The number of hydrogen-bond donors (Lipinski definition) is 1. The van der Waals surface area contributed by atoms with Crippen LogP contribution in [-0.2, 0) is 5.66 Å². The van der Waals surface area contributed by atoms with Gasteiger partial charge in [0.05, 0.1) is 5.66 Å². The van der Waals surface area contributed by atoms with Gasteiger partial charge in [-0.1, -0.05) is 30.3 Å². The van der Waals surface area contributed by atoms with Crippen LogP contribution in [0.25, 0.3) is 0 Å². The molecule has 2 nitrogen and oxygen atoms in total. The van der Waals surface area contributed by atoms with Crippen molar-refractivity contribution in [2.24, 2.45) is 0 Å². The number of nitrogens with one attached hydrogen (secondary N) is 1. The maximum Gasteiger partial charge on any atom is 0.0976 e. The van der Waals surface area contributed by atoms with Crippen LogP contribution in [0.3, 0.4) is 0 Å². The number of hydrogen-bond acceptors (Lipinski definition) is 2. The molecular formula is C12H16N2. The van der Waals surface area contributed by atoms with Gasteiger partial charge in [-0.2, -0.15) is 0 Å². The lowest BCUT2D eigenvalue weighted by atomic mass is 9.98. The average Bonchev–Trinajstić information content (AvgIpc) is 2.77. The van der Waals surface area contributed by atoms with Gasteiger partial charge in [-0.15, -0.1) is 0 Å². The number of rotatable bonds is 1. The first-order chi connectivity index (χ1) is 6.92. The summed E-state index contributed by atoms with van der Waals surface area (Å²) >= 11 is 0. The Morgan fingerprint density at radius 3 is 2.86 bits per heavy atom. The van der Waals surface area contributed by atoms with Crippen LogP contribution in [0.4, 0.5) is 0 Å².